The van der Waals surface area contributed by atoms with E-state index in [1.807, 2.05) is 0 Å². The van der Waals surface area contributed by atoms with Crippen LogP contribution in [0.15, 0.2) is 28.8 Å². The van der Waals surface area contributed by atoms with Crippen LogP contribution < -0.4 is 0 Å². The first-order valence-corrected chi connectivity index (χ1v) is 7.52. The Bertz CT molecular complexity index is 684. The average molecular weight is 303 g/mol. The van der Waals surface area contributed by atoms with Gasteiger partial charge in [-0.2, -0.15) is 13.4 Å². The lowest BCUT2D eigenvalue weighted by molar-refractivity contribution is 0.220. The third-order valence-corrected chi connectivity index (χ3v) is 3.07. The van der Waals surface area contributed by atoms with Crippen LogP contribution in [0.3, 0.4) is 0 Å². The molecule has 0 N–H and O–H groups in total. The molecule has 1 aromatic heterocycles. The van der Waals surface area contributed by atoms with E-state index in [-0.39, 0.29) is 11.7 Å². The normalized spacial score (nSPS) is 13.4. The smallest absolute Gasteiger partial charge is 0.265 e. The van der Waals surface area contributed by atoms with Crippen molar-refractivity contribution in [2.24, 2.45) is 0 Å². The van der Waals surface area contributed by atoms with Crippen molar-refractivity contribution >= 4 is 21.7 Å². The number of benzene rings is 1. The first-order chi connectivity index (χ1) is 8.85. The van der Waals surface area contributed by atoms with Crippen molar-refractivity contribution in [2.45, 2.75) is 13.0 Å². The number of nitrogens with zero attached hydrogens (tertiary/aromatic N) is 2. The molecule has 19 heavy (non-hydrogen) atoms. The van der Waals surface area contributed by atoms with Crippen molar-refractivity contribution in [3.8, 4) is 11.5 Å². The summed E-state index contributed by atoms with van der Waals surface area (Å²) in [6, 6.07) is 6.89. The molecule has 8 heteroatoms. The summed E-state index contributed by atoms with van der Waals surface area (Å²) in [5.74, 6) is 0.404. The Kier molecular flexibility index (Phi) is 3.88. The fourth-order valence-corrected chi connectivity index (χ4v) is 2.24. The maximum Gasteiger partial charge on any atom is 0.265 e. The lowest BCUT2D eigenvalue weighted by Gasteiger charge is -2.04. The SMILES string of the molecule is CC(OS(C)(=O)=O)c1noc(-c2cccc(Cl)c2)n1. The van der Waals surface area contributed by atoms with Crippen LogP contribution in [0.1, 0.15) is 18.9 Å². The van der Waals surface area contributed by atoms with Crippen LogP contribution in [0.25, 0.3) is 11.5 Å². The summed E-state index contributed by atoms with van der Waals surface area (Å²) in [7, 11) is -3.58. The molecule has 0 amide bonds. The zero-order valence-corrected chi connectivity index (χ0v) is 11.8. The summed E-state index contributed by atoms with van der Waals surface area (Å²) >= 11 is 5.86. The van der Waals surface area contributed by atoms with Gasteiger partial charge < -0.3 is 4.52 Å². The van der Waals surface area contributed by atoms with E-state index in [1.54, 1.807) is 24.3 Å². The van der Waals surface area contributed by atoms with E-state index in [4.69, 9.17) is 20.3 Å². The fourth-order valence-electron chi connectivity index (χ4n) is 1.44. The van der Waals surface area contributed by atoms with Crippen molar-refractivity contribution in [2.75, 3.05) is 6.26 Å². The molecule has 0 aliphatic heterocycles. The summed E-state index contributed by atoms with van der Waals surface area (Å²) in [5.41, 5.74) is 0.651. The molecule has 0 saturated carbocycles. The second-order valence-electron chi connectivity index (χ2n) is 3.91. The number of aromatic nitrogens is 2. The first-order valence-electron chi connectivity index (χ1n) is 5.33. The molecule has 0 aliphatic carbocycles. The molecule has 0 bridgehead atoms. The van der Waals surface area contributed by atoms with Crippen molar-refractivity contribution in [3.05, 3.63) is 35.1 Å². The number of hydrogen-bond donors (Lipinski definition) is 0. The second kappa shape index (κ2) is 5.28. The first kappa shape index (κ1) is 14.0. The van der Waals surface area contributed by atoms with Gasteiger partial charge in [-0.05, 0) is 25.1 Å². The highest BCUT2D eigenvalue weighted by molar-refractivity contribution is 7.86. The van der Waals surface area contributed by atoms with Gasteiger partial charge in [0, 0.05) is 10.6 Å². The fraction of sp³-hybridized carbons (Fsp3) is 0.273. The molecular formula is C11H11ClN2O4S. The second-order valence-corrected chi connectivity index (χ2v) is 5.95. The largest absolute Gasteiger partial charge is 0.334 e. The summed E-state index contributed by atoms with van der Waals surface area (Å²) in [4.78, 5) is 4.08. The molecule has 0 saturated heterocycles. The molecule has 1 unspecified atom stereocenters. The van der Waals surface area contributed by atoms with Crippen LogP contribution in [0.2, 0.25) is 5.02 Å². The predicted octanol–water partition coefficient (Wildman–Crippen LogP) is 2.43. The molecule has 102 valence electrons. The van der Waals surface area contributed by atoms with Gasteiger partial charge in [0.2, 0.25) is 5.82 Å². The quantitative estimate of drug-likeness (QED) is 0.807. The van der Waals surface area contributed by atoms with Crippen molar-refractivity contribution < 1.29 is 17.1 Å². The van der Waals surface area contributed by atoms with Crippen LogP contribution in [0.4, 0.5) is 0 Å². The number of halogens is 1. The Morgan fingerprint density at radius 3 is 2.79 bits per heavy atom. The third kappa shape index (κ3) is 3.76. The van der Waals surface area contributed by atoms with E-state index in [0.29, 0.717) is 10.6 Å². The van der Waals surface area contributed by atoms with Crippen LogP contribution >= 0.6 is 11.6 Å². The van der Waals surface area contributed by atoms with Crippen molar-refractivity contribution in [1.82, 2.24) is 10.1 Å². The average Bonchev–Trinajstić information content (AvgIpc) is 2.75. The van der Waals surface area contributed by atoms with Gasteiger partial charge in [-0.3, -0.25) is 4.18 Å². The molecule has 0 spiro atoms. The van der Waals surface area contributed by atoms with Gasteiger partial charge in [0.15, 0.2) is 0 Å². The number of rotatable bonds is 4. The van der Waals surface area contributed by atoms with E-state index in [0.717, 1.165) is 6.26 Å². The molecule has 0 radical (unpaired) electrons. The summed E-state index contributed by atoms with van der Waals surface area (Å²) in [6.45, 7) is 1.52. The van der Waals surface area contributed by atoms with Crippen molar-refractivity contribution in [3.63, 3.8) is 0 Å². The molecule has 0 aliphatic rings. The molecule has 2 rings (SSSR count). The van der Waals surface area contributed by atoms with E-state index in [9.17, 15) is 8.42 Å². The Hall–Kier alpha value is -1.44. The standard InChI is InChI=1S/C11H11ClN2O4S/c1-7(18-19(2,15)16)10-13-11(17-14-10)8-4-3-5-9(12)6-8/h3-7H,1-2H3. The molecule has 2 aromatic rings. The Morgan fingerprint density at radius 1 is 1.42 bits per heavy atom. The summed E-state index contributed by atoms with van der Waals surface area (Å²) < 4.78 is 31.8. The molecule has 6 nitrogen and oxygen atoms in total. The monoisotopic (exact) mass is 302 g/mol. The lowest BCUT2D eigenvalue weighted by Crippen LogP contribution is -2.08. The molecule has 1 atom stereocenters. The minimum atomic E-state index is -3.58. The maximum atomic E-state index is 11.0. The van der Waals surface area contributed by atoms with E-state index in [1.165, 1.54) is 6.92 Å². The van der Waals surface area contributed by atoms with E-state index >= 15 is 0 Å². The van der Waals surface area contributed by atoms with Crippen LogP contribution in [0.5, 0.6) is 0 Å². The molecule has 1 aromatic carbocycles. The van der Waals surface area contributed by atoms with Crippen molar-refractivity contribution in [1.29, 1.82) is 0 Å². The van der Waals surface area contributed by atoms with Gasteiger partial charge in [-0.15, -0.1) is 0 Å². The maximum absolute atomic E-state index is 11.0. The van der Waals surface area contributed by atoms with Crippen LogP contribution in [-0.2, 0) is 14.3 Å². The van der Waals surface area contributed by atoms with Crippen LogP contribution in [-0.4, -0.2) is 24.8 Å². The highest BCUT2D eigenvalue weighted by Crippen LogP contribution is 2.23. The topological polar surface area (TPSA) is 82.3 Å². The van der Waals surface area contributed by atoms with Gasteiger partial charge in [0.05, 0.1) is 6.26 Å². The van der Waals surface area contributed by atoms with Gasteiger partial charge in [-0.1, -0.05) is 22.8 Å². The lowest BCUT2D eigenvalue weighted by atomic mass is 10.2. The number of hydrogen-bond acceptors (Lipinski definition) is 6. The minimum absolute atomic E-state index is 0.153. The highest BCUT2D eigenvalue weighted by atomic mass is 35.5. The minimum Gasteiger partial charge on any atom is -0.334 e. The predicted molar refractivity (Wildman–Crippen MR) is 69.1 cm³/mol. The van der Waals surface area contributed by atoms with Gasteiger partial charge in [0.25, 0.3) is 16.0 Å². The Balaban J connectivity index is 2.24. The van der Waals surface area contributed by atoms with Crippen LogP contribution in [0, 0.1) is 0 Å². The van der Waals surface area contributed by atoms with E-state index in [2.05, 4.69) is 10.1 Å². The molecule has 0 fully saturated rings. The summed E-state index contributed by atoms with van der Waals surface area (Å²) in [5, 5.41) is 4.23. The molecular weight excluding hydrogens is 292 g/mol. The van der Waals surface area contributed by atoms with Gasteiger partial charge in [-0.25, -0.2) is 0 Å². The van der Waals surface area contributed by atoms with E-state index < -0.39 is 16.2 Å². The zero-order chi connectivity index (χ0) is 14.0. The highest BCUT2D eigenvalue weighted by Gasteiger charge is 2.19. The summed E-state index contributed by atoms with van der Waals surface area (Å²) in [6.07, 6.45) is 0.147. The Labute approximate surface area is 115 Å². The van der Waals surface area contributed by atoms with Gasteiger partial charge in [0.1, 0.15) is 6.10 Å². The molecule has 1 heterocycles. The third-order valence-electron chi connectivity index (χ3n) is 2.20. The zero-order valence-electron chi connectivity index (χ0n) is 10.2. The Morgan fingerprint density at radius 2 is 2.16 bits per heavy atom. The van der Waals surface area contributed by atoms with Gasteiger partial charge >= 0.3 is 0 Å².